The van der Waals surface area contributed by atoms with Crippen LogP contribution in [-0.2, 0) is 14.4 Å². The number of guanidine groups is 1. The maximum Gasteiger partial charge on any atom is 0.327 e. The fourth-order valence-electron chi connectivity index (χ4n) is 2.12. The second-order valence-corrected chi connectivity index (χ2v) is 7.04. The van der Waals surface area contributed by atoms with Crippen LogP contribution in [0.3, 0.4) is 0 Å². The summed E-state index contributed by atoms with van der Waals surface area (Å²) in [6, 6.07) is 9.42. The van der Waals surface area contributed by atoms with Gasteiger partial charge >= 0.3 is 7.52 Å². The molecule has 0 saturated carbocycles. The molecule has 6 heteroatoms. The van der Waals surface area contributed by atoms with E-state index in [9.17, 15) is 4.57 Å². The van der Waals surface area contributed by atoms with E-state index >= 15 is 0 Å². The molecule has 1 heterocycles. The van der Waals surface area contributed by atoms with E-state index in [1.165, 1.54) is 11.8 Å². The van der Waals surface area contributed by atoms with Crippen LogP contribution in [0.25, 0.3) is 0 Å². The molecule has 1 saturated heterocycles. The van der Waals surface area contributed by atoms with Gasteiger partial charge in [-0.25, -0.2) is 0 Å². The van der Waals surface area contributed by atoms with Crippen molar-refractivity contribution in [1.29, 1.82) is 5.41 Å². The van der Waals surface area contributed by atoms with E-state index in [2.05, 4.69) is 5.32 Å². The summed E-state index contributed by atoms with van der Waals surface area (Å²) >= 11 is 0. The summed E-state index contributed by atoms with van der Waals surface area (Å²) in [7, 11) is -0.124. The first-order chi connectivity index (χ1) is 7.95. The zero-order chi connectivity index (χ0) is 12.7. The monoisotopic (exact) mass is 253 g/mol. The molecule has 1 fully saturated rings. The molecule has 17 heavy (non-hydrogen) atoms. The van der Waals surface area contributed by atoms with Crippen LogP contribution in [0.2, 0.25) is 0 Å². The predicted molar refractivity (Wildman–Crippen MR) is 67.0 cm³/mol. The van der Waals surface area contributed by atoms with E-state index in [0.29, 0.717) is 0 Å². The van der Waals surface area contributed by atoms with Crippen LogP contribution < -0.4 is 5.32 Å². The average molecular weight is 253 g/mol. The van der Waals surface area contributed by atoms with E-state index < -0.39 is 12.8 Å². The standard InChI is InChI=1S/C11H16N3O2P/c1-11(9-7-5-4-6-8-9)13-10(12)14(2)17(11,15)16-3/h4-8H,1-3H3,(H2,12,13). The van der Waals surface area contributed by atoms with Crippen molar-refractivity contribution in [3.63, 3.8) is 0 Å². The summed E-state index contributed by atoms with van der Waals surface area (Å²) < 4.78 is 19.5. The SMILES string of the molecule is COP1(=O)N(C)C(=N)NC1(C)c1ccccc1. The second kappa shape index (κ2) is 3.86. The molecular formula is C11H16N3O2P. The molecule has 1 aromatic carbocycles. The summed E-state index contributed by atoms with van der Waals surface area (Å²) in [6.45, 7) is 1.80. The quantitative estimate of drug-likeness (QED) is 0.793. The van der Waals surface area contributed by atoms with Crippen molar-refractivity contribution < 1.29 is 9.09 Å². The lowest BCUT2D eigenvalue weighted by atomic mass is 10.1. The van der Waals surface area contributed by atoms with E-state index in [-0.39, 0.29) is 5.96 Å². The normalized spacial score (nSPS) is 32.6. The van der Waals surface area contributed by atoms with Gasteiger partial charge in [0.1, 0.15) is 0 Å². The van der Waals surface area contributed by atoms with Crippen molar-refractivity contribution in [1.82, 2.24) is 9.99 Å². The highest BCUT2D eigenvalue weighted by Gasteiger charge is 2.56. The molecule has 0 aliphatic carbocycles. The predicted octanol–water partition coefficient (Wildman–Crippen LogP) is 2.17. The Balaban J connectivity index is 2.58. The minimum Gasteiger partial charge on any atom is -0.337 e. The topological polar surface area (TPSA) is 65.4 Å². The van der Waals surface area contributed by atoms with Crippen molar-refractivity contribution in [3.05, 3.63) is 35.9 Å². The Hall–Kier alpha value is -1.32. The van der Waals surface area contributed by atoms with E-state index in [4.69, 9.17) is 9.93 Å². The molecule has 0 aromatic heterocycles. The maximum absolute atomic E-state index is 12.9. The molecule has 2 atom stereocenters. The molecule has 1 aliphatic rings. The summed E-state index contributed by atoms with van der Waals surface area (Å²) in [4.78, 5) is 0. The smallest absolute Gasteiger partial charge is 0.327 e. The Labute approximate surface area is 101 Å². The zero-order valence-electron chi connectivity index (χ0n) is 10.1. The van der Waals surface area contributed by atoms with Gasteiger partial charge in [-0.15, -0.1) is 0 Å². The Morgan fingerprint density at radius 1 is 1.41 bits per heavy atom. The largest absolute Gasteiger partial charge is 0.337 e. The molecule has 1 aliphatic heterocycles. The van der Waals surface area contributed by atoms with Gasteiger partial charge in [0, 0.05) is 14.2 Å². The third-order valence-electron chi connectivity index (χ3n) is 3.23. The van der Waals surface area contributed by atoms with Crippen molar-refractivity contribution >= 4 is 13.5 Å². The van der Waals surface area contributed by atoms with Crippen molar-refractivity contribution in [2.75, 3.05) is 14.2 Å². The molecule has 5 nitrogen and oxygen atoms in total. The van der Waals surface area contributed by atoms with Gasteiger partial charge < -0.3 is 9.84 Å². The second-order valence-electron chi connectivity index (χ2n) is 4.14. The highest BCUT2D eigenvalue weighted by atomic mass is 31.2. The molecule has 0 radical (unpaired) electrons. The van der Waals surface area contributed by atoms with Crippen LogP contribution in [0.4, 0.5) is 0 Å². The van der Waals surface area contributed by atoms with E-state index in [1.807, 2.05) is 30.3 Å². The molecule has 0 amide bonds. The molecular weight excluding hydrogens is 237 g/mol. The first-order valence-corrected chi connectivity index (χ1v) is 6.86. The number of nitrogens with zero attached hydrogens (tertiary/aromatic N) is 1. The highest BCUT2D eigenvalue weighted by Crippen LogP contribution is 2.66. The van der Waals surface area contributed by atoms with Crippen LogP contribution in [0.15, 0.2) is 30.3 Å². The van der Waals surface area contributed by atoms with Crippen molar-refractivity contribution in [2.24, 2.45) is 0 Å². The summed E-state index contributed by atoms with van der Waals surface area (Å²) in [5.41, 5.74) is 0.847. The fraction of sp³-hybridized carbons (Fsp3) is 0.364. The van der Waals surface area contributed by atoms with Gasteiger partial charge in [0.2, 0.25) is 0 Å². The van der Waals surface area contributed by atoms with E-state index in [1.54, 1.807) is 14.0 Å². The lowest BCUT2D eigenvalue weighted by molar-refractivity contribution is 0.340. The highest BCUT2D eigenvalue weighted by molar-refractivity contribution is 7.59. The van der Waals surface area contributed by atoms with Gasteiger partial charge in [-0.05, 0) is 12.5 Å². The number of rotatable bonds is 2. The Morgan fingerprint density at radius 2 is 2.00 bits per heavy atom. The summed E-state index contributed by atoms with van der Waals surface area (Å²) in [5, 5.41) is 9.86. The number of benzene rings is 1. The zero-order valence-corrected chi connectivity index (χ0v) is 11.0. The lowest BCUT2D eigenvalue weighted by Crippen LogP contribution is -2.35. The Morgan fingerprint density at radius 3 is 2.53 bits per heavy atom. The van der Waals surface area contributed by atoms with Crippen LogP contribution in [-0.4, -0.2) is 24.8 Å². The van der Waals surface area contributed by atoms with Gasteiger partial charge in [-0.1, -0.05) is 30.3 Å². The fourth-order valence-corrected chi connectivity index (χ4v) is 4.36. The third kappa shape index (κ3) is 1.50. The minimum atomic E-state index is -3.14. The van der Waals surface area contributed by atoms with Crippen LogP contribution >= 0.6 is 7.52 Å². The molecule has 92 valence electrons. The van der Waals surface area contributed by atoms with E-state index in [0.717, 1.165) is 5.56 Å². The molecule has 2 unspecified atom stereocenters. The Bertz CT molecular complexity index is 491. The van der Waals surface area contributed by atoms with Crippen LogP contribution in [0.1, 0.15) is 12.5 Å². The number of hydrogen-bond acceptors (Lipinski definition) is 3. The summed E-state index contributed by atoms with van der Waals surface area (Å²) in [5.74, 6) is 0.113. The molecule has 2 N–H and O–H groups in total. The maximum atomic E-state index is 12.9. The molecule has 2 rings (SSSR count). The van der Waals surface area contributed by atoms with Crippen LogP contribution in [0.5, 0.6) is 0 Å². The van der Waals surface area contributed by atoms with Crippen LogP contribution in [0, 0.1) is 5.41 Å². The van der Waals surface area contributed by atoms with Gasteiger partial charge in [0.05, 0.1) is 0 Å². The van der Waals surface area contributed by atoms with Crippen molar-refractivity contribution in [2.45, 2.75) is 12.2 Å². The van der Waals surface area contributed by atoms with Gasteiger partial charge in [-0.2, -0.15) is 0 Å². The number of hydrogen-bond donors (Lipinski definition) is 2. The third-order valence-corrected chi connectivity index (χ3v) is 6.21. The molecule has 0 spiro atoms. The molecule has 0 bridgehead atoms. The molecule has 1 aromatic rings. The first-order valence-electron chi connectivity index (χ1n) is 5.28. The van der Waals surface area contributed by atoms with Gasteiger partial charge in [0.15, 0.2) is 11.2 Å². The first kappa shape index (κ1) is 12.1. The van der Waals surface area contributed by atoms with Crippen molar-refractivity contribution in [3.8, 4) is 0 Å². The summed E-state index contributed by atoms with van der Waals surface area (Å²) in [6.07, 6.45) is 0. The lowest BCUT2D eigenvalue weighted by Gasteiger charge is -2.31. The minimum absolute atomic E-state index is 0.113. The Kier molecular flexibility index (Phi) is 2.76. The number of nitrogens with one attached hydrogen (secondary N) is 2. The van der Waals surface area contributed by atoms with Gasteiger partial charge in [-0.3, -0.25) is 14.6 Å². The van der Waals surface area contributed by atoms with Gasteiger partial charge in [0.25, 0.3) is 0 Å². The average Bonchev–Trinajstić information content (AvgIpc) is 2.53.